The van der Waals surface area contributed by atoms with Crippen LogP contribution in [0.1, 0.15) is 19.1 Å². The maximum Gasteiger partial charge on any atom is 0.191 e. The van der Waals surface area contributed by atoms with Gasteiger partial charge in [-0.1, -0.05) is 12.1 Å². The Hall–Kier alpha value is -2.54. The van der Waals surface area contributed by atoms with Crippen LogP contribution in [0, 0.1) is 11.7 Å². The maximum absolute atomic E-state index is 13.7. The molecule has 1 aromatic carbocycles. The standard InChI is InChI=1S/C21H28FN3O3/c1-16(28-20-7-3-2-6-19(20)22)13-24-21(25-14-17-9-12-26-15-17)23-10-8-18-5-4-11-27-18/h2-7,11,16-17H,8-10,12-15H2,1H3,(H2,23,24,25). The van der Waals surface area contributed by atoms with Crippen LogP contribution in [-0.2, 0) is 11.2 Å². The summed E-state index contributed by atoms with van der Waals surface area (Å²) in [7, 11) is 0. The number of hydrogen-bond acceptors (Lipinski definition) is 4. The molecule has 152 valence electrons. The number of para-hydroxylation sites is 1. The molecule has 0 saturated carbocycles. The monoisotopic (exact) mass is 389 g/mol. The molecule has 7 heteroatoms. The lowest BCUT2D eigenvalue weighted by Gasteiger charge is -2.17. The molecule has 2 atom stereocenters. The summed E-state index contributed by atoms with van der Waals surface area (Å²) >= 11 is 0. The van der Waals surface area contributed by atoms with Crippen molar-refractivity contribution in [1.82, 2.24) is 10.6 Å². The molecule has 2 aromatic rings. The molecule has 1 fully saturated rings. The molecule has 6 nitrogen and oxygen atoms in total. The fourth-order valence-electron chi connectivity index (χ4n) is 2.93. The maximum atomic E-state index is 13.7. The summed E-state index contributed by atoms with van der Waals surface area (Å²) in [5.74, 6) is 2.00. The van der Waals surface area contributed by atoms with Crippen LogP contribution in [0.25, 0.3) is 0 Å². The van der Waals surface area contributed by atoms with E-state index in [4.69, 9.17) is 13.9 Å². The van der Waals surface area contributed by atoms with Crippen molar-refractivity contribution in [3.8, 4) is 5.75 Å². The first kappa shape index (κ1) is 20.2. The number of hydrogen-bond donors (Lipinski definition) is 2. The fraction of sp³-hybridized carbons (Fsp3) is 0.476. The normalized spacial score (nSPS) is 18.1. The zero-order chi connectivity index (χ0) is 19.6. The molecular formula is C21H28FN3O3. The molecule has 0 bridgehead atoms. The van der Waals surface area contributed by atoms with Gasteiger partial charge in [-0.3, -0.25) is 0 Å². The highest BCUT2D eigenvalue weighted by Gasteiger charge is 2.16. The van der Waals surface area contributed by atoms with Crippen molar-refractivity contribution in [2.24, 2.45) is 10.9 Å². The van der Waals surface area contributed by atoms with E-state index in [9.17, 15) is 4.39 Å². The summed E-state index contributed by atoms with van der Waals surface area (Å²) < 4.78 is 30.2. The highest BCUT2D eigenvalue weighted by atomic mass is 19.1. The minimum Gasteiger partial charge on any atom is -0.486 e. The number of nitrogens with one attached hydrogen (secondary N) is 2. The Balaban J connectivity index is 1.51. The Bertz CT molecular complexity index is 730. The van der Waals surface area contributed by atoms with Crippen LogP contribution >= 0.6 is 0 Å². The third-order valence-corrected chi connectivity index (χ3v) is 4.50. The first-order chi connectivity index (χ1) is 13.7. The summed E-state index contributed by atoms with van der Waals surface area (Å²) in [6.45, 7) is 5.38. The lowest BCUT2D eigenvalue weighted by atomic mass is 10.1. The van der Waals surface area contributed by atoms with Crippen LogP contribution in [0.5, 0.6) is 5.75 Å². The minimum atomic E-state index is -0.366. The molecule has 2 heterocycles. The molecule has 1 aromatic heterocycles. The van der Waals surface area contributed by atoms with Gasteiger partial charge in [0.15, 0.2) is 17.5 Å². The van der Waals surface area contributed by atoms with Crippen molar-refractivity contribution in [3.05, 3.63) is 54.2 Å². The first-order valence-corrected chi connectivity index (χ1v) is 9.74. The summed E-state index contributed by atoms with van der Waals surface area (Å²) in [5.41, 5.74) is 0. The number of aliphatic imine (C=N–C) groups is 1. The van der Waals surface area contributed by atoms with Crippen molar-refractivity contribution < 1.29 is 18.3 Å². The predicted molar refractivity (Wildman–Crippen MR) is 106 cm³/mol. The fourth-order valence-corrected chi connectivity index (χ4v) is 2.93. The Morgan fingerprint density at radius 3 is 2.93 bits per heavy atom. The van der Waals surface area contributed by atoms with Gasteiger partial charge in [0.2, 0.25) is 0 Å². The van der Waals surface area contributed by atoms with Gasteiger partial charge >= 0.3 is 0 Å². The smallest absolute Gasteiger partial charge is 0.191 e. The number of ether oxygens (including phenoxy) is 2. The highest BCUT2D eigenvalue weighted by molar-refractivity contribution is 5.79. The minimum absolute atomic E-state index is 0.244. The molecule has 1 aliphatic rings. The third kappa shape index (κ3) is 6.56. The van der Waals surface area contributed by atoms with E-state index in [0.29, 0.717) is 25.0 Å². The van der Waals surface area contributed by atoms with Crippen LogP contribution in [0.15, 0.2) is 52.1 Å². The van der Waals surface area contributed by atoms with E-state index < -0.39 is 0 Å². The van der Waals surface area contributed by atoms with Gasteiger partial charge in [0.1, 0.15) is 11.9 Å². The molecule has 0 aliphatic carbocycles. The quantitative estimate of drug-likeness (QED) is 0.510. The second-order valence-corrected chi connectivity index (χ2v) is 6.91. The highest BCUT2D eigenvalue weighted by Crippen LogP contribution is 2.17. The van der Waals surface area contributed by atoms with E-state index in [1.54, 1.807) is 24.5 Å². The molecule has 0 amide bonds. The van der Waals surface area contributed by atoms with E-state index in [-0.39, 0.29) is 17.7 Å². The van der Waals surface area contributed by atoms with E-state index >= 15 is 0 Å². The molecule has 3 rings (SSSR count). The van der Waals surface area contributed by atoms with Crippen LogP contribution in [-0.4, -0.2) is 44.9 Å². The third-order valence-electron chi connectivity index (χ3n) is 4.50. The Morgan fingerprint density at radius 2 is 2.18 bits per heavy atom. The van der Waals surface area contributed by atoms with Crippen molar-refractivity contribution in [1.29, 1.82) is 0 Å². The predicted octanol–water partition coefficient (Wildman–Crippen LogP) is 3.00. The Kier molecular flexibility index (Phi) is 7.72. The lowest BCUT2D eigenvalue weighted by Crippen LogP contribution is -2.41. The summed E-state index contributed by atoms with van der Waals surface area (Å²) in [4.78, 5) is 4.60. The molecule has 2 N–H and O–H groups in total. The van der Waals surface area contributed by atoms with E-state index in [0.717, 1.165) is 38.4 Å². The van der Waals surface area contributed by atoms with Crippen molar-refractivity contribution >= 4 is 5.96 Å². The van der Waals surface area contributed by atoms with Crippen LogP contribution < -0.4 is 15.4 Å². The van der Waals surface area contributed by atoms with E-state index in [1.165, 1.54) is 6.07 Å². The average Bonchev–Trinajstić information content (AvgIpc) is 3.39. The van der Waals surface area contributed by atoms with Gasteiger partial charge in [0, 0.05) is 32.0 Å². The SMILES string of the molecule is CC(CN=C(NCCc1ccco1)NCC1CCOC1)Oc1ccccc1F. The topological polar surface area (TPSA) is 68.0 Å². The zero-order valence-electron chi connectivity index (χ0n) is 16.2. The summed E-state index contributed by atoms with van der Waals surface area (Å²) in [6.07, 6.45) is 3.24. The second-order valence-electron chi connectivity index (χ2n) is 6.91. The number of halogens is 1. The van der Waals surface area contributed by atoms with Gasteiger partial charge in [-0.15, -0.1) is 0 Å². The number of benzene rings is 1. The molecule has 1 aliphatic heterocycles. The van der Waals surface area contributed by atoms with Crippen LogP contribution in [0.3, 0.4) is 0 Å². The molecule has 1 saturated heterocycles. The van der Waals surface area contributed by atoms with Crippen molar-refractivity contribution in [2.45, 2.75) is 25.9 Å². The Morgan fingerprint density at radius 1 is 1.29 bits per heavy atom. The van der Waals surface area contributed by atoms with Crippen LogP contribution in [0.4, 0.5) is 4.39 Å². The average molecular weight is 389 g/mol. The second kappa shape index (κ2) is 10.7. The van der Waals surface area contributed by atoms with Gasteiger partial charge in [0.05, 0.1) is 19.4 Å². The number of furan rings is 1. The summed E-state index contributed by atoms with van der Waals surface area (Å²) in [6, 6.07) is 10.2. The van der Waals surface area contributed by atoms with Crippen molar-refractivity contribution in [3.63, 3.8) is 0 Å². The van der Waals surface area contributed by atoms with E-state index in [1.807, 2.05) is 19.1 Å². The number of rotatable bonds is 9. The van der Waals surface area contributed by atoms with Crippen LogP contribution in [0.2, 0.25) is 0 Å². The largest absolute Gasteiger partial charge is 0.486 e. The number of guanidine groups is 1. The molecule has 0 spiro atoms. The van der Waals surface area contributed by atoms with Gasteiger partial charge in [0.25, 0.3) is 0 Å². The van der Waals surface area contributed by atoms with Gasteiger partial charge in [-0.25, -0.2) is 9.38 Å². The summed E-state index contributed by atoms with van der Waals surface area (Å²) in [5, 5.41) is 6.69. The molecule has 2 unspecified atom stereocenters. The molecule has 0 radical (unpaired) electrons. The van der Waals surface area contributed by atoms with E-state index in [2.05, 4.69) is 15.6 Å². The van der Waals surface area contributed by atoms with Gasteiger partial charge in [-0.2, -0.15) is 0 Å². The zero-order valence-corrected chi connectivity index (χ0v) is 16.2. The van der Waals surface area contributed by atoms with Gasteiger partial charge < -0.3 is 24.5 Å². The molecular weight excluding hydrogens is 361 g/mol. The lowest BCUT2D eigenvalue weighted by molar-refractivity contribution is 0.186. The van der Waals surface area contributed by atoms with Crippen molar-refractivity contribution in [2.75, 3.05) is 32.8 Å². The first-order valence-electron chi connectivity index (χ1n) is 9.74. The Labute approximate surface area is 165 Å². The molecule has 28 heavy (non-hydrogen) atoms. The van der Waals surface area contributed by atoms with Gasteiger partial charge in [-0.05, 0) is 37.6 Å². The number of nitrogens with zero attached hydrogens (tertiary/aromatic N) is 1.